The predicted molar refractivity (Wildman–Crippen MR) is 61.3 cm³/mol. The van der Waals surface area contributed by atoms with Gasteiger partial charge in [0.05, 0.1) is 6.61 Å². The largest absolute Gasteiger partial charge is 0.375 e. The molecule has 2 nitrogen and oxygen atoms in total. The molecule has 0 unspecified atom stereocenters. The molecule has 1 rings (SSSR count). The third-order valence-electron chi connectivity index (χ3n) is 2.46. The van der Waals surface area contributed by atoms with E-state index in [-0.39, 0.29) is 31.0 Å². The zero-order valence-corrected chi connectivity index (χ0v) is 10.1. The second-order valence-electron chi connectivity index (χ2n) is 4.00. The van der Waals surface area contributed by atoms with Gasteiger partial charge in [-0.15, -0.1) is 0 Å². The second-order valence-corrected chi connectivity index (χ2v) is 4.00. The fourth-order valence-electron chi connectivity index (χ4n) is 1.52. The summed E-state index contributed by atoms with van der Waals surface area (Å²) in [5.74, 6) is -0.456. The summed E-state index contributed by atoms with van der Waals surface area (Å²) >= 11 is 0. The highest BCUT2D eigenvalue weighted by atomic mass is 19.3. The molecule has 0 bridgehead atoms. The molecule has 0 heterocycles. The van der Waals surface area contributed by atoms with Crippen LogP contribution >= 0.6 is 0 Å². The minimum Gasteiger partial charge on any atom is -0.375 e. The van der Waals surface area contributed by atoms with E-state index in [9.17, 15) is 18.0 Å². The van der Waals surface area contributed by atoms with E-state index in [1.807, 2.05) is 0 Å². The van der Waals surface area contributed by atoms with Crippen molar-refractivity contribution in [2.24, 2.45) is 0 Å². The number of hydrogen-bond acceptors (Lipinski definition) is 2. The van der Waals surface area contributed by atoms with E-state index in [2.05, 4.69) is 4.74 Å². The summed E-state index contributed by atoms with van der Waals surface area (Å²) in [6, 6.07) is 4.21. The van der Waals surface area contributed by atoms with E-state index in [0.29, 0.717) is 5.56 Å². The Morgan fingerprint density at radius 1 is 1.39 bits per heavy atom. The molecule has 0 aromatic heterocycles. The molecular formula is C13H15F3O2. The van der Waals surface area contributed by atoms with Gasteiger partial charge in [0, 0.05) is 12.8 Å². The maximum absolute atomic E-state index is 12.8. The summed E-state index contributed by atoms with van der Waals surface area (Å²) in [6.45, 7) is 1.06. The van der Waals surface area contributed by atoms with Gasteiger partial charge in [-0.3, -0.25) is 4.79 Å². The van der Waals surface area contributed by atoms with Gasteiger partial charge in [0.25, 0.3) is 6.43 Å². The van der Waals surface area contributed by atoms with E-state index in [0.717, 1.165) is 5.56 Å². The first kappa shape index (κ1) is 14.7. The van der Waals surface area contributed by atoms with E-state index < -0.39 is 13.0 Å². The minimum atomic E-state index is -2.51. The van der Waals surface area contributed by atoms with Crippen molar-refractivity contribution in [3.05, 3.63) is 35.1 Å². The lowest BCUT2D eigenvalue weighted by molar-refractivity contribution is -0.119. The molecule has 0 N–H and O–H groups in total. The van der Waals surface area contributed by atoms with Crippen molar-refractivity contribution in [3.8, 4) is 0 Å². The number of rotatable bonds is 7. The summed E-state index contributed by atoms with van der Waals surface area (Å²) in [6.07, 6.45) is -2.26. The number of Topliss-reactive ketones (excluding diaryl/α,β-unsaturated/α-hetero) is 1. The van der Waals surface area contributed by atoms with Crippen LogP contribution in [0, 0.1) is 12.7 Å². The molecule has 0 spiro atoms. The lowest BCUT2D eigenvalue weighted by atomic mass is 10.0. The number of ether oxygens (including phenoxy) is 1. The first-order valence-corrected chi connectivity index (χ1v) is 5.61. The molecule has 0 amide bonds. The quantitative estimate of drug-likeness (QED) is 0.705. The van der Waals surface area contributed by atoms with E-state index in [1.165, 1.54) is 12.1 Å². The summed E-state index contributed by atoms with van der Waals surface area (Å²) in [5.41, 5.74) is 1.45. The molecule has 100 valence electrons. The van der Waals surface area contributed by atoms with Crippen LogP contribution in [0.4, 0.5) is 13.2 Å². The Labute approximate surface area is 104 Å². The van der Waals surface area contributed by atoms with Gasteiger partial charge in [-0.2, -0.15) is 0 Å². The molecule has 0 saturated carbocycles. The maximum atomic E-state index is 12.8. The van der Waals surface area contributed by atoms with Crippen LogP contribution in [0.1, 0.15) is 17.5 Å². The average Bonchev–Trinajstić information content (AvgIpc) is 2.28. The van der Waals surface area contributed by atoms with Crippen LogP contribution in [0.5, 0.6) is 0 Å². The zero-order chi connectivity index (χ0) is 13.5. The molecule has 0 aliphatic heterocycles. The van der Waals surface area contributed by atoms with Gasteiger partial charge in [-0.1, -0.05) is 6.07 Å². The van der Waals surface area contributed by atoms with Crippen LogP contribution in [0.15, 0.2) is 18.2 Å². The molecule has 0 radical (unpaired) electrons. The van der Waals surface area contributed by atoms with Gasteiger partial charge in [-0.25, -0.2) is 13.2 Å². The van der Waals surface area contributed by atoms with Crippen LogP contribution in [-0.4, -0.2) is 25.4 Å². The SMILES string of the molecule is Cc1cc(F)ccc1CC(=O)CCOCC(F)F. The van der Waals surface area contributed by atoms with Crippen molar-refractivity contribution in [2.75, 3.05) is 13.2 Å². The van der Waals surface area contributed by atoms with Crippen molar-refractivity contribution in [1.29, 1.82) is 0 Å². The summed E-state index contributed by atoms with van der Waals surface area (Å²) in [7, 11) is 0. The fourth-order valence-corrected chi connectivity index (χ4v) is 1.52. The zero-order valence-electron chi connectivity index (χ0n) is 10.1. The predicted octanol–water partition coefficient (Wildman–Crippen LogP) is 2.92. The van der Waals surface area contributed by atoms with Crippen LogP contribution in [0.25, 0.3) is 0 Å². The van der Waals surface area contributed by atoms with Crippen molar-refractivity contribution >= 4 is 5.78 Å². The molecule has 0 fully saturated rings. The Balaban J connectivity index is 2.35. The number of alkyl halides is 2. The summed E-state index contributed by atoms with van der Waals surface area (Å²) in [5, 5.41) is 0. The molecule has 0 atom stereocenters. The standard InChI is InChI=1S/C13H15F3O2/c1-9-6-11(14)3-2-10(9)7-12(17)4-5-18-8-13(15)16/h2-3,6,13H,4-5,7-8H2,1H3. The van der Waals surface area contributed by atoms with Gasteiger partial charge in [0.1, 0.15) is 18.2 Å². The third-order valence-corrected chi connectivity index (χ3v) is 2.46. The maximum Gasteiger partial charge on any atom is 0.261 e. The second kappa shape index (κ2) is 7.16. The number of ketones is 1. The number of halogens is 3. The van der Waals surface area contributed by atoms with Crippen molar-refractivity contribution in [3.63, 3.8) is 0 Å². The van der Waals surface area contributed by atoms with E-state index in [1.54, 1.807) is 13.0 Å². The number of benzene rings is 1. The fraction of sp³-hybridized carbons (Fsp3) is 0.462. The smallest absolute Gasteiger partial charge is 0.261 e. The number of carbonyl (C=O) groups is 1. The van der Waals surface area contributed by atoms with Gasteiger partial charge in [0.2, 0.25) is 0 Å². The normalized spacial score (nSPS) is 10.9. The van der Waals surface area contributed by atoms with Gasteiger partial charge in [-0.05, 0) is 30.2 Å². The minimum absolute atomic E-state index is 0.0105. The average molecular weight is 260 g/mol. The molecule has 0 aliphatic carbocycles. The molecule has 1 aromatic rings. The van der Waals surface area contributed by atoms with Crippen molar-refractivity contribution in [1.82, 2.24) is 0 Å². The molecule has 0 saturated heterocycles. The van der Waals surface area contributed by atoms with Crippen LogP contribution in [0.2, 0.25) is 0 Å². The number of hydrogen-bond donors (Lipinski definition) is 0. The third kappa shape index (κ3) is 5.31. The van der Waals surface area contributed by atoms with Gasteiger partial charge in [0.15, 0.2) is 0 Å². The monoisotopic (exact) mass is 260 g/mol. The highest BCUT2D eigenvalue weighted by Gasteiger charge is 2.08. The molecule has 18 heavy (non-hydrogen) atoms. The highest BCUT2D eigenvalue weighted by Crippen LogP contribution is 2.11. The number of carbonyl (C=O) groups excluding carboxylic acids is 1. The Hall–Kier alpha value is -1.36. The molecule has 1 aromatic carbocycles. The first-order chi connectivity index (χ1) is 8.49. The summed E-state index contributed by atoms with van der Waals surface area (Å²) < 4.78 is 41.0. The molecule has 5 heteroatoms. The summed E-state index contributed by atoms with van der Waals surface area (Å²) in [4.78, 5) is 11.5. The van der Waals surface area contributed by atoms with Crippen LogP contribution < -0.4 is 0 Å². The Morgan fingerprint density at radius 3 is 2.72 bits per heavy atom. The van der Waals surface area contributed by atoms with Crippen LogP contribution in [0.3, 0.4) is 0 Å². The Morgan fingerprint density at radius 2 is 2.11 bits per heavy atom. The van der Waals surface area contributed by atoms with Crippen LogP contribution in [-0.2, 0) is 16.0 Å². The van der Waals surface area contributed by atoms with Gasteiger partial charge < -0.3 is 4.74 Å². The van der Waals surface area contributed by atoms with Gasteiger partial charge >= 0.3 is 0 Å². The van der Waals surface area contributed by atoms with E-state index >= 15 is 0 Å². The highest BCUT2D eigenvalue weighted by molar-refractivity contribution is 5.81. The number of aryl methyl sites for hydroxylation is 1. The van der Waals surface area contributed by atoms with Crippen molar-refractivity contribution < 1.29 is 22.7 Å². The Bertz CT molecular complexity index is 405. The lowest BCUT2D eigenvalue weighted by Gasteiger charge is -2.06. The molecule has 0 aliphatic rings. The molecular weight excluding hydrogens is 245 g/mol. The first-order valence-electron chi connectivity index (χ1n) is 5.61. The topological polar surface area (TPSA) is 26.3 Å². The van der Waals surface area contributed by atoms with Crippen molar-refractivity contribution in [2.45, 2.75) is 26.2 Å². The lowest BCUT2D eigenvalue weighted by Crippen LogP contribution is -2.11. The Kier molecular flexibility index (Phi) is 5.85. The van der Waals surface area contributed by atoms with E-state index in [4.69, 9.17) is 0 Å².